The summed E-state index contributed by atoms with van der Waals surface area (Å²) in [4.78, 5) is 6.37. The molecule has 0 spiro atoms. The van der Waals surface area contributed by atoms with Crippen LogP contribution in [0.3, 0.4) is 0 Å². The Morgan fingerprint density at radius 1 is 1.35 bits per heavy atom. The normalized spacial score (nSPS) is 20.7. The largest absolute Gasteiger partial charge is 0.312 e. The van der Waals surface area contributed by atoms with Crippen LogP contribution in [-0.2, 0) is 6.42 Å². The highest BCUT2D eigenvalue weighted by atomic mass is 32.1. The average molecular weight is 286 g/mol. The van der Waals surface area contributed by atoms with Crippen LogP contribution in [0.4, 0.5) is 0 Å². The molecule has 0 saturated heterocycles. The lowest BCUT2D eigenvalue weighted by atomic mass is 9.76. The molecule has 3 heteroatoms. The topological polar surface area (TPSA) is 24.9 Å². The molecule has 1 aromatic carbocycles. The van der Waals surface area contributed by atoms with E-state index >= 15 is 0 Å². The quantitative estimate of drug-likeness (QED) is 0.887. The van der Waals surface area contributed by atoms with E-state index < -0.39 is 0 Å². The third-order valence-corrected chi connectivity index (χ3v) is 5.32. The molecule has 2 nitrogen and oxygen atoms in total. The summed E-state index contributed by atoms with van der Waals surface area (Å²) in [5.74, 6) is 0. The van der Waals surface area contributed by atoms with Crippen molar-refractivity contribution in [1.82, 2.24) is 10.3 Å². The van der Waals surface area contributed by atoms with Gasteiger partial charge in [-0.25, -0.2) is 4.98 Å². The summed E-state index contributed by atoms with van der Waals surface area (Å²) in [5.41, 5.74) is 4.17. The lowest BCUT2D eigenvalue weighted by Crippen LogP contribution is -2.30. The SMILES string of the molecule is CNC1CC(C)(C)Cc2nc(-c3cccc(C)c3)sc21. The lowest BCUT2D eigenvalue weighted by molar-refractivity contribution is 0.265. The Bertz CT molecular complexity index is 628. The van der Waals surface area contributed by atoms with Gasteiger partial charge in [-0.1, -0.05) is 37.6 Å². The standard InChI is InChI=1S/C17H22N2S/c1-11-6-5-7-12(8-11)16-19-14-10-17(2,3)9-13(18-4)15(14)20-16/h5-8,13,18H,9-10H2,1-4H3. The van der Waals surface area contributed by atoms with E-state index in [4.69, 9.17) is 4.98 Å². The smallest absolute Gasteiger partial charge is 0.123 e. The van der Waals surface area contributed by atoms with Gasteiger partial charge >= 0.3 is 0 Å². The van der Waals surface area contributed by atoms with E-state index in [9.17, 15) is 0 Å². The van der Waals surface area contributed by atoms with Gasteiger partial charge in [-0.05, 0) is 38.3 Å². The fraction of sp³-hybridized carbons (Fsp3) is 0.471. The second-order valence-electron chi connectivity index (χ2n) is 6.59. The lowest BCUT2D eigenvalue weighted by Gasteiger charge is -2.34. The van der Waals surface area contributed by atoms with Crippen LogP contribution in [0.25, 0.3) is 10.6 Å². The predicted molar refractivity (Wildman–Crippen MR) is 86.2 cm³/mol. The van der Waals surface area contributed by atoms with Crippen LogP contribution in [0.15, 0.2) is 24.3 Å². The van der Waals surface area contributed by atoms with E-state index in [2.05, 4.69) is 57.4 Å². The molecule has 0 aliphatic heterocycles. The van der Waals surface area contributed by atoms with Gasteiger partial charge in [0.1, 0.15) is 5.01 Å². The molecule has 0 saturated carbocycles. The van der Waals surface area contributed by atoms with Crippen molar-refractivity contribution in [3.8, 4) is 10.6 Å². The molecule has 0 bridgehead atoms. The molecule has 3 rings (SSSR count). The van der Waals surface area contributed by atoms with Crippen LogP contribution >= 0.6 is 11.3 Å². The van der Waals surface area contributed by atoms with Crippen molar-refractivity contribution in [2.75, 3.05) is 7.05 Å². The summed E-state index contributed by atoms with van der Waals surface area (Å²) in [6, 6.07) is 9.09. The number of aryl methyl sites for hydroxylation is 1. The van der Waals surface area contributed by atoms with Crippen molar-refractivity contribution >= 4 is 11.3 Å². The van der Waals surface area contributed by atoms with Crippen LogP contribution in [-0.4, -0.2) is 12.0 Å². The Labute approximate surface area is 125 Å². The van der Waals surface area contributed by atoms with Crippen molar-refractivity contribution in [3.63, 3.8) is 0 Å². The Balaban J connectivity index is 2.04. The maximum atomic E-state index is 4.93. The zero-order valence-corrected chi connectivity index (χ0v) is 13.5. The molecule has 1 aliphatic carbocycles. The first-order valence-corrected chi connectivity index (χ1v) is 8.04. The van der Waals surface area contributed by atoms with Crippen LogP contribution in [0.5, 0.6) is 0 Å². The highest BCUT2D eigenvalue weighted by molar-refractivity contribution is 7.15. The average Bonchev–Trinajstić information content (AvgIpc) is 2.80. The van der Waals surface area contributed by atoms with E-state index in [1.165, 1.54) is 28.1 Å². The van der Waals surface area contributed by atoms with Gasteiger partial charge in [0.2, 0.25) is 0 Å². The van der Waals surface area contributed by atoms with E-state index in [1.807, 2.05) is 11.3 Å². The Hall–Kier alpha value is -1.19. The highest BCUT2D eigenvalue weighted by Crippen LogP contribution is 2.44. The number of benzene rings is 1. The number of rotatable bonds is 2. The van der Waals surface area contributed by atoms with E-state index in [1.54, 1.807) is 0 Å². The summed E-state index contributed by atoms with van der Waals surface area (Å²) in [5, 5.41) is 4.63. The highest BCUT2D eigenvalue weighted by Gasteiger charge is 2.34. The minimum Gasteiger partial charge on any atom is -0.312 e. The van der Waals surface area contributed by atoms with Crippen LogP contribution in [0.2, 0.25) is 0 Å². The Morgan fingerprint density at radius 3 is 2.85 bits per heavy atom. The molecule has 106 valence electrons. The number of aromatic nitrogens is 1. The molecule has 0 amide bonds. The number of hydrogen-bond donors (Lipinski definition) is 1. The monoisotopic (exact) mass is 286 g/mol. The first-order chi connectivity index (χ1) is 9.48. The first kappa shape index (κ1) is 13.8. The van der Waals surface area contributed by atoms with Gasteiger partial charge in [0.15, 0.2) is 0 Å². The fourth-order valence-electron chi connectivity index (χ4n) is 3.07. The maximum Gasteiger partial charge on any atom is 0.123 e. The molecule has 0 fully saturated rings. The van der Waals surface area contributed by atoms with Gasteiger partial charge in [0, 0.05) is 16.5 Å². The summed E-state index contributed by atoms with van der Waals surface area (Å²) in [6.07, 6.45) is 2.27. The number of fused-ring (bicyclic) bond motifs is 1. The summed E-state index contributed by atoms with van der Waals surface area (Å²) in [6.45, 7) is 6.81. The molecule has 1 aliphatic rings. The zero-order chi connectivity index (χ0) is 14.3. The number of thiazole rings is 1. The van der Waals surface area contributed by atoms with E-state index in [0.29, 0.717) is 11.5 Å². The second-order valence-corrected chi connectivity index (χ2v) is 7.62. The summed E-state index contributed by atoms with van der Waals surface area (Å²) >= 11 is 1.86. The van der Waals surface area contributed by atoms with Crippen molar-refractivity contribution in [2.45, 2.75) is 39.7 Å². The number of hydrogen-bond acceptors (Lipinski definition) is 3. The van der Waals surface area contributed by atoms with E-state index in [-0.39, 0.29) is 0 Å². The van der Waals surface area contributed by atoms with Gasteiger partial charge < -0.3 is 5.32 Å². The summed E-state index contributed by atoms with van der Waals surface area (Å²) in [7, 11) is 2.06. The van der Waals surface area contributed by atoms with Crippen LogP contribution in [0.1, 0.15) is 42.4 Å². The fourth-order valence-corrected chi connectivity index (χ4v) is 4.26. The maximum absolute atomic E-state index is 4.93. The molecule has 1 heterocycles. The van der Waals surface area contributed by atoms with Crippen molar-refractivity contribution in [1.29, 1.82) is 0 Å². The molecule has 1 atom stereocenters. The van der Waals surface area contributed by atoms with Crippen LogP contribution in [0, 0.1) is 12.3 Å². The van der Waals surface area contributed by atoms with Gasteiger partial charge in [-0.15, -0.1) is 11.3 Å². The zero-order valence-electron chi connectivity index (χ0n) is 12.7. The molecule has 2 aromatic rings. The van der Waals surface area contributed by atoms with Gasteiger partial charge in [0.05, 0.1) is 5.69 Å². The molecule has 1 unspecified atom stereocenters. The Morgan fingerprint density at radius 2 is 2.15 bits per heavy atom. The molecule has 0 radical (unpaired) electrons. The van der Waals surface area contributed by atoms with Crippen molar-refractivity contribution < 1.29 is 0 Å². The minimum absolute atomic E-state index is 0.332. The number of nitrogens with one attached hydrogen (secondary N) is 1. The minimum atomic E-state index is 0.332. The number of nitrogens with zero attached hydrogens (tertiary/aromatic N) is 1. The van der Waals surface area contributed by atoms with E-state index in [0.717, 1.165) is 11.4 Å². The summed E-state index contributed by atoms with van der Waals surface area (Å²) < 4.78 is 0. The van der Waals surface area contributed by atoms with Gasteiger partial charge in [-0.2, -0.15) is 0 Å². The third kappa shape index (κ3) is 2.52. The third-order valence-electron chi connectivity index (χ3n) is 4.06. The first-order valence-electron chi connectivity index (χ1n) is 7.22. The second kappa shape index (κ2) is 4.97. The van der Waals surface area contributed by atoms with Crippen molar-refractivity contribution in [3.05, 3.63) is 40.4 Å². The molecule has 1 aromatic heterocycles. The van der Waals surface area contributed by atoms with Crippen molar-refractivity contribution in [2.24, 2.45) is 5.41 Å². The predicted octanol–water partition coefficient (Wildman–Crippen LogP) is 4.35. The molecular weight excluding hydrogens is 264 g/mol. The molecule has 20 heavy (non-hydrogen) atoms. The van der Waals surface area contributed by atoms with Gasteiger partial charge in [0.25, 0.3) is 0 Å². The molecular formula is C17H22N2S. The molecule has 1 N–H and O–H groups in total. The van der Waals surface area contributed by atoms with Gasteiger partial charge in [-0.3, -0.25) is 0 Å². The van der Waals surface area contributed by atoms with Crippen LogP contribution < -0.4 is 5.32 Å². The Kier molecular flexibility index (Phi) is 3.43.